The molecule has 16 rings (SSSR count). The summed E-state index contributed by atoms with van der Waals surface area (Å²) < 4.78 is 29.4. The Morgan fingerprint density at radius 3 is 1.13 bits per heavy atom. The van der Waals surface area contributed by atoms with Crippen LogP contribution in [0, 0.1) is 35.5 Å². The first-order valence-electron chi connectivity index (χ1n) is 38.7. The van der Waals surface area contributed by atoms with E-state index in [0.29, 0.717) is 74.8 Å². The first-order valence-corrected chi connectivity index (χ1v) is 42.4. The molecule has 8 fully saturated rings. The van der Waals surface area contributed by atoms with Gasteiger partial charge in [-0.25, -0.2) is 0 Å². The van der Waals surface area contributed by atoms with Crippen LogP contribution in [0.3, 0.4) is 0 Å². The van der Waals surface area contributed by atoms with Gasteiger partial charge in [-0.05, 0) is 134 Å². The number of piperidine rings is 4. The third-order valence-corrected chi connectivity index (χ3v) is 29.8. The number of anilines is 8. The zero-order valence-electron chi connectivity index (χ0n) is 66.2. The van der Waals surface area contributed by atoms with Crippen molar-refractivity contribution in [1.82, 2.24) is 48.2 Å². The lowest BCUT2D eigenvalue weighted by Gasteiger charge is -2.41. The minimum atomic E-state index is -0.174. The van der Waals surface area contributed by atoms with Crippen molar-refractivity contribution in [2.24, 2.45) is 72.8 Å². The minimum Gasteiger partial charge on any atom is -0.382 e. The van der Waals surface area contributed by atoms with Crippen molar-refractivity contribution in [3.8, 4) is 0 Å². The summed E-state index contributed by atoms with van der Waals surface area (Å²) in [5.41, 5.74) is 51.7. The van der Waals surface area contributed by atoms with Gasteiger partial charge in [0.15, 0.2) is 0 Å². The number of rotatable bonds is 12. The van der Waals surface area contributed by atoms with Gasteiger partial charge in [0, 0.05) is 165 Å². The molecular weight excluding hydrogens is 1550 g/mol. The van der Waals surface area contributed by atoms with E-state index in [-0.39, 0.29) is 110 Å². The molecule has 7 atom stereocenters. The molecule has 35 heteroatoms. The number of aryl methyl sites for hydroxylation is 2. The fourth-order valence-corrected chi connectivity index (χ4v) is 20.6. The van der Waals surface area contributed by atoms with Crippen LogP contribution in [0.15, 0.2) is 150 Å². The van der Waals surface area contributed by atoms with Gasteiger partial charge < -0.3 is 84.4 Å². The van der Waals surface area contributed by atoms with Gasteiger partial charge in [-0.3, -0.25) is 47.4 Å². The monoisotopic (exact) mass is 1650 g/mol. The lowest BCUT2D eigenvalue weighted by Crippen LogP contribution is -2.51. The van der Waals surface area contributed by atoms with Crippen molar-refractivity contribution < 1.29 is 18.9 Å². The summed E-state index contributed by atoms with van der Waals surface area (Å²) in [6.07, 6.45) is 12.8. The van der Waals surface area contributed by atoms with E-state index in [0.717, 1.165) is 141 Å². The van der Waals surface area contributed by atoms with E-state index in [9.17, 15) is 19.2 Å². The van der Waals surface area contributed by atoms with E-state index >= 15 is 0 Å². The van der Waals surface area contributed by atoms with Crippen LogP contribution in [0.1, 0.15) is 83.4 Å². The molecule has 2 aromatic carbocycles. The van der Waals surface area contributed by atoms with Crippen LogP contribution in [0.25, 0.3) is 0 Å². The fourth-order valence-electron chi connectivity index (χ4n) is 16.7. The molecule has 114 heavy (non-hydrogen) atoms. The third kappa shape index (κ3) is 17.1. The van der Waals surface area contributed by atoms with Crippen LogP contribution in [0.2, 0.25) is 5.02 Å². The van der Waals surface area contributed by atoms with Gasteiger partial charge in [-0.2, -0.15) is 19.9 Å². The highest BCUT2D eigenvalue weighted by Gasteiger charge is 2.51. The Balaban J connectivity index is 0.000000133. The van der Waals surface area contributed by atoms with Crippen LogP contribution < -0.4 is 87.7 Å². The predicted molar refractivity (Wildman–Crippen MR) is 452 cm³/mol. The maximum atomic E-state index is 13.1. The number of aromatic nitrogens is 10. The summed E-state index contributed by atoms with van der Waals surface area (Å²) in [5.74, 6) is 3.45. The Morgan fingerprint density at radius 2 is 0.781 bits per heavy atom. The highest BCUT2D eigenvalue weighted by molar-refractivity contribution is 8.00. The molecule has 0 unspecified atom stereocenters. The number of nitrogens with two attached hydrogens (primary N) is 8. The van der Waals surface area contributed by atoms with E-state index in [1.807, 2.05) is 101 Å². The summed E-state index contributed by atoms with van der Waals surface area (Å²) in [7, 11) is 7.00. The third-order valence-electron chi connectivity index (χ3n) is 24.6. The topological polar surface area (TPSA) is 423 Å². The van der Waals surface area contributed by atoms with Crippen molar-refractivity contribution in [2.75, 3.05) is 128 Å². The number of hydrogen-bond acceptors (Lipinski definition) is 30. The van der Waals surface area contributed by atoms with Crippen LogP contribution in [0.5, 0.6) is 0 Å². The molecule has 8 saturated heterocycles. The zero-order valence-corrected chi connectivity index (χ0v) is 70.2. The molecule has 8 aliphatic rings. The average molecular weight is 1660 g/mol. The van der Waals surface area contributed by atoms with Crippen molar-refractivity contribution in [3.05, 3.63) is 149 Å². The number of halogens is 1. The molecule has 30 nitrogen and oxygen atoms in total. The summed E-state index contributed by atoms with van der Waals surface area (Å²) in [4.78, 5) is 92.6. The van der Waals surface area contributed by atoms with E-state index < -0.39 is 0 Å². The quantitative estimate of drug-likeness (QED) is 0.0606. The van der Waals surface area contributed by atoms with Crippen LogP contribution in [-0.4, -0.2) is 176 Å². The molecule has 6 aromatic heterocycles. The van der Waals surface area contributed by atoms with Gasteiger partial charge >= 0.3 is 0 Å². The number of benzene rings is 2. The second kappa shape index (κ2) is 35.1. The van der Waals surface area contributed by atoms with E-state index in [4.69, 9.17) is 76.4 Å². The van der Waals surface area contributed by atoms with Crippen molar-refractivity contribution in [3.63, 3.8) is 0 Å². The predicted octanol–water partition coefficient (Wildman–Crippen LogP) is 7.06. The summed E-state index contributed by atoms with van der Waals surface area (Å²) in [6, 6.07) is 23.0. The molecular formula is C79H107ClN22O8S4. The number of pyridine rings is 2. The molecule has 0 radical (unpaired) electrons. The molecule has 0 amide bonds. The second-order valence-corrected chi connectivity index (χ2v) is 36.1. The number of ether oxygens (including phenoxy) is 4. The van der Waals surface area contributed by atoms with Gasteiger partial charge in [-0.15, -0.1) is 0 Å². The average Bonchev–Trinajstić information content (AvgIpc) is 1.57. The van der Waals surface area contributed by atoms with Crippen LogP contribution in [0.4, 0.5) is 47.1 Å². The van der Waals surface area contributed by atoms with E-state index in [1.54, 1.807) is 71.1 Å². The molecule has 0 aliphatic carbocycles. The Hall–Kier alpha value is -7.97. The van der Waals surface area contributed by atoms with Gasteiger partial charge in [0.25, 0.3) is 22.2 Å². The fraction of sp³-hybridized carbons (Fsp3) is 0.519. The van der Waals surface area contributed by atoms with Gasteiger partial charge in [-0.1, -0.05) is 89.0 Å². The molecule has 16 N–H and O–H groups in total. The molecule has 4 spiro atoms. The SMILES string of the molecule is C[C@@H]1OCC2(CCN(c3nc(N)c(Sc4ccccc4)c(=O)n3C)CC2)[C@@H]1N.C[C@@H]1OCC2(CCN(c3nc(N)c(Sc4ccccc4Cl)c(=O)n3C)CC2)[C@@H]1N.Cc1cnccc1Sc1c(N)nc(N2CCC3(CC2)CO[C@@H](C)[C@H]3N)n(C)c1=O.Cc1ncccc1Sc1c(N)nc(N2CCC3(CC2)COC[C@H]3N)n(C)c1=O. The maximum absolute atomic E-state index is 13.1. The summed E-state index contributed by atoms with van der Waals surface area (Å²) in [6.45, 7) is 19.7. The highest BCUT2D eigenvalue weighted by Crippen LogP contribution is 2.47. The molecule has 8 aliphatic heterocycles. The Morgan fingerprint density at radius 1 is 0.430 bits per heavy atom. The largest absolute Gasteiger partial charge is 0.382 e. The highest BCUT2D eigenvalue weighted by atomic mass is 35.5. The minimum absolute atomic E-state index is 0.0141. The standard InChI is InChI=1S/C20H26ClN5O2S.C20H28N6O2S.C20H27N5O2S.C19H26N6O2S/c1-12-16(22)20(11-28-12)7-9-26(10-8-20)19-24-17(23)15(18(27)25(19)2)29-14-6-4-3-5-13(14)21;1-12-10-23-7-4-14(12)29-15-17(22)24-19(25(3)18(15)27)26-8-5-20(6-9-26)11-28-13(2)16(20)21;1-13-16(21)20(12-27-13)8-10-25(11-9-20)19-23-17(22)15(18(26)24(19)2)28-14-6-4-3-5-7-14;1-12-13(4-3-7-22-12)28-15-16(21)23-18(24(2)17(15)26)25-8-5-19(6-9-25)11-27-10-14(19)20/h3-6,12,16H,7-11,22-23H2,1-2H3;4,7,10,13,16H,5-6,8-9,11,21-22H2,1-3H3;3-7,13,16H,8-12,21-22H2,1-2H3;3-4,7,14H,5-6,8-11,20-21H2,1-2H3/t12-,16+;2*13-,16+;14-/m0001/s1. The van der Waals surface area contributed by atoms with E-state index in [1.165, 1.54) is 47.0 Å². The van der Waals surface area contributed by atoms with Gasteiger partial charge in [0.05, 0.1) is 62.1 Å². The first kappa shape index (κ1) is 84.0. The van der Waals surface area contributed by atoms with Gasteiger partial charge in [0.2, 0.25) is 23.8 Å². The van der Waals surface area contributed by atoms with Crippen LogP contribution in [-0.2, 0) is 47.1 Å². The van der Waals surface area contributed by atoms with Crippen molar-refractivity contribution in [1.29, 1.82) is 0 Å². The molecule has 0 saturated carbocycles. The van der Waals surface area contributed by atoms with E-state index in [2.05, 4.69) is 49.5 Å². The molecule has 8 aromatic rings. The van der Waals surface area contributed by atoms with Crippen molar-refractivity contribution >= 4 is 106 Å². The summed E-state index contributed by atoms with van der Waals surface area (Å²) in [5, 5.41) is 0.578. The second-order valence-electron chi connectivity index (χ2n) is 31.5. The summed E-state index contributed by atoms with van der Waals surface area (Å²) >= 11 is 11.5. The Labute approximate surface area is 685 Å². The number of hydrogen-bond donors (Lipinski definition) is 8. The molecule has 0 bridgehead atoms. The molecule has 612 valence electrons. The van der Waals surface area contributed by atoms with Crippen LogP contribution >= 0.6 is 58.6 Å². The number of nitrogen functional groups attached to an aromatic ring is 4. The van der Waals surface area contributed by atoms with Gasteiger partial charge in [0.1, 0.15) is 42.9 Å². The lowest BCUT2D eigenvalue weighted by atomic mass is 9.73. The Bertz CT molecular complexity index is 4870. The first-order chi connectivity index (χ1) is 54.5. The lowest BCUT2D eigenvalue weighted by molar-refractivity contribution is 0.0972. The van der Waals surface area contributed by atoms with Crippen molar-refractivity contribution in [2.45, 2.75) is 168 Å². The smallest absolute Gasteiger partial charge is 0.270 e. The normalized spacial score (nSPS) is 23.2. The maximum Gasteiger partial charge on any atom is 0.270 e. The Kier molecular flexibility index (Phi) is 25.8. The number of nitrogens with zero attached hydrogens (tertiary/aromatic N) is 14. The zero-order chi connectivity index (χ0) is 81.3. The molecule has 14 heterocycles.